The number of nitrogens with two attached hydrogens (primary N) is 1. The first-order valence-corrected chi connectivity index (χ1v) is 6.93. The number of carbonyl (C=O) groups is 1. The van der Waals surface area contributed by atoms with E-state index in [2.05, 4.69) is 5.32 Å². The Hall–Kier alpha value is -1.39. The first-order chi connectivity index (χ1) is 9.16. The molecule has 0 aromatic heterocycles. The molecule has 0 saturated heterocycles. The number of rotatable bonds is 5. The Morgan fingerprint density at radius 3 is 2.63 bits per heavy atom. The number of hydrogen-bond acceptors (Lipinski definition) is 3. The molecular weight excluding hydrogens is 240 g/mol. The van der Waals surface area contributed by atoms with Crippen LogP contribution in [0.15, 0.2) is 24.3 Å². The minimum atomic E-state index is -0.377. The second-order valence-corrected chi connectivity index (χ2v) is 5.33. The highest BCUT2D eigenvalue weighted by Crippen LogP contribution is 2.23. The highest BCUT2D eigenvalue weighted by Gasteiger charge is 2.18. The molecule has 1 saturated carbocycles. The normalized spacial score (nSPS) is 23.2. The molecule has 0 radical (unpaired) electrons. The average Bonchev–Trinajstić information content (AvgIpc) is 2.41. The summed E-state index contributed by atoms with van der Waals surface area (Å²) in [6.07, 6.45) is 3.86. The summed E-state index contributed by atoms with van der Waals surface area (Å²) in [6.45, 7) is 1.60. The van der Waals surface area contributed by atoms with Gasteiger partial charge in [0.2, 0.25) is 5.91 Å². The Labute approximate surface area is 114 Å². The van der Waals surface area contributed by atoms with Crippen LogP contribution in [0.3, 0.4) is 0 Å². The zero-order valence-electron chi connectivity index (χ0n) is 11.1. The monoisotopic (exact) mass is 262 g/mol. The molecule has 19 heavy (non-hydrogen) atoms. The van der Waals surface area contributed by atoms with Crippen molar-refractivity contribution in [2.75, 3.05) is 6.54 Å². The van der Waals surface area contributed by atoms with Crippen molar-refractivity contribution in [2.24, 2.45) is 11.7 Å². The van der Waals surface area contributed by atoms with Crippen LogP contribution in [0.2, 0.25) is 0 Å². The zero-order valence-corrected chi connectivity index (χ0v) is 11.1. The lowest BCUT2D eigenvalue weighted by Gasteiger charge is -2.25. The van der Waals surface area contributed by atoms with Crippen molar-refractivity contribution >= 4 is 5.91 Å². The molecule has 0 aliphatic heterocycles. The van der Waals surface area contributed by atoms with E-state index in [9.17, 15) is 9.90 Å². The van der Waals surface area contributed by atoms with Crippen LogP contribution in [-0.4, -0.2) is 23.7 Å². The molecule has 1 fully saturated rings. The largest absolute Gasteiger partial charge is 0.393 e. The topological polar surface area (TPSA) is 75.4 Å². The van der Waals surface area contributed by atoms with E-state index in [-0.39, 0.29) is 12.0 Å². The third-order valence-corrected chi connectivity index (χ3v) is 3.85. The van der Waals surface area contributed by atoms with Crippen LogP contribution in [0, 0.1) is 5.92 Å². The second kappa shape index (κ2) is 6.68. The smallest absolute Gasteiger partial charge is 0.249 e. The molecule has 0 heterocycles. The number of benzene rings is 1. The summed E-state index contributed by atoms with van der Waals surface area (Å²) in [7, 11) is 0. The predicted molar refractivity (Wildman–Crippen MR) is 74.6 cm³/mol. The van der Waals surface area contributed by atoms with Gasteiger partial charge in [-0.2, -0.15) is 0 Å². The van der Waals surface area contributed by atoms with E-state index in [0.29, 0.717) is 18.0 Å². The summed E-state index contributed by atoms with van der Waals surface area (Å²) >= 11 is 0. The lowest BCUT2D eigenvalue weighted by atomic mass is 9.87. The molecule has 4 heteroatoms. The van der Waals surface area contributed by atoms with Crippen LogP contribution in [-0.2, 0) is 6.54 Å². The SMILES string of the molecule is NC(=O)c1ccccc1CNCC1CCC(O)CC1. The van der Waals surface area contributed by atoms with Crippen LogP contribution >= 0.6 is 0 Å². The highest BCUT2D eigenvalue weighted by molar-refractivity contribution is 5.94. The van der Waals surface area contributed by atoms with Gasteiger partial charge in [-0.3, -0.25) is 4.79 Å². The van der Waals surface area contributed by atoms with Gasteiger partial charge in [-0.05, 0) is 49.8 Å². The number of aliphatic hydroxyl groups is 1. The Morgan fingerprint density at radius 2 is 1.95 bits per heavy atom. The Balaban J connectivity index is 1.81. The number of nitrogens with one attached hydrogen (secondary N) is 1. The van der Waals surface area contributed by atoms with E-state index in [1.54, 1.807) is 6.07 Å². The van der Waals surface area contributed by atoms with Crippen molar-refractivity contribution in [1.82, 2.24) is 5.32 Å². The van der Waals surface area contributed by atoms with Gasteiger partial charge in [0.25, 0.3) is 0 Å². The maximum Gasteiger partial charge on any atom is 0.249 e. The zero-order chi connectivity index (χ0) is 13.7. The quantitative estimate of drug-likeness (QED) is 0.751. The fourth-order valence-electron chi connectivity index (χ4n) is 2.67. The van der Waals surface area contributed by atoms with Crippen LogP contribution in [0.25, 0.3) is 0 Å². The minimum absolute atomic E-state index is 0.105. The van der Waals surface area contributed by atoms with E-state index in [0.717, 1.165) is 37.8 Å². The number of hydrogen-bond donors (Lipinski definition) is 3. The molecule has 0 bridgehead atoms. The average molecular weight is 262 g/mol. The summed E-state index contributed by atoms with van der Waals surface area (Å²) in [5.74, 6) is 0.252. The van der Waals surface area contributed by atoms with E-state index in [1.165, 1.54) is 0 Å². The van der Waals surface area contributed by atoms with Gasteiger partial charge in [-0.25, -0.2) is 0 Å². The maximum atomic E-state index is 11.3. The Kier molecular flexibility index (Phi) is 4.93. The fraction of sp³-hybridized carbons (Fsp3) is 0.533. The lowest BCUT2D eigenvalue weighted by molar-refractivity contribution is 0.0998. The molecule has 4 N–H and O–H groups in total. The maximum absolute atomic E-state index is 11.3. The van der Waals surface area contributed by atoms with Crippen LogP contribution in [0.5, 0.6) is 0 Å². The highest BCUT2D eigenvalue weighted by atomic mass is 16.3. The first kappa shape index (κ1) is 14.0. The summed E-state index contributed by atoms with van der Waals surface area (Å²) in [6, 6.07) is 7.43. The van der Waals surface area contributed by atoms with Gasteiger partial charge >= 0.3 is 0 Å². The standard InChI is InChI=1S/C15H22N2O2/c16-15(19)14-4-2-1-3-12(14)10-17-9-11-5-7-13(18)8-6-11/h1-4,11,13,17-18H,5-10H2,(H2,16,19). The summed E-state index contributed by atoms with van der Waals surface area (Å²) in [5.41, 5.74) is 6.89. The van der Waals surface area contributed by atoms with Gasteiger partial charge in [0.1, 0.15) is 0 Å². The minimum Gasteiger partial charge on any atom is -0.393 e. The molecule has 4 nitrogen and oxygen atoms in total. The van der Waals surface area contributed by atoms with Crippen molar-refractivity contribution in [1.29, 1.82) is 0 Å². The van der Waals surface area contributed by atoms with Gasteiger partial charge < -0.3 is 16.2 Å². The number of aliphatic hydroxyl groups excluding tert-OH is 1. The molecule has 0 unspecified atom stereocenters. The molecule has 1 aliphatic rings. The van der Waals surface area contributed by atoms with Gasteiger partial charge in [0.05, 0.1) is 6.10 Å². The Bertz CT molecular complexity index is 426. The van der Waals surface area contributed by atoms with E-state index in [4.69, 9.17) is 5.73 Å². The van der Waals surface area contributed by atoms with E-state index >= 15 is 0 Å². The van der Waals surface area contributed by atoms with Crippen LogP contribution in [0.1, 0.15) is 41.6 Å². The summed E-state index contributed by atoms with van der Waals surface area (Å²) in [5, 5.41) is 12.8. The molecule has 1 aromatic rings. The van der Waals surface area contributed by atoms with Crippen molar-refractivity contribution < 1.29 is 9.90 Å². The molecule has 1 amide bonds. The van der Waals surface area contributed by atoms with Crippen LogP contribution in [0.4, 0.5) is 0 Å². The molecule has 0 atom stereocenters. The number of primary amides is 1. The lowest BCUT2D eigenvalue weighted by Crippen LogP contribution is -2.28. The summed E-state index contributed by atoms with van der Waals surface area (Å²) < 4.78 is 0. The van der Waals surface area contributed by atoms with Gasteiger partial charge in [-0.1, -0.05) is 18.2 Å². The first-order valence-electron chi connectivity index (χ1n) is 6.93. The van der Waals surface area contributed by atoms with E-state index < -0.39 is 0 Å². The summed E-state index contributed by atoms with van der Waals surface area (Å²) in [4.78, 5) is 11.3. The molecular formula is C15H22N2O2. The third kappa shape index (κ3) is 4.04. The van der Waals surface area contributed by atoms with Crippen molar-refractivity contribution in [3.63, 3.8) is 0 Å². The molecule has 1 aliphatic carbocycles. The molecule has 0 spiro atoms. The van der Waals surface area contributed by atoms with Gasteiger partial charge in [0.15, 0.2) is 0 Å². The van der Waals surface area contributed by atoms with E-state index in [1.807, 2.05) is 18.2 Å². The van der Waals surface area contributed by atoms with Crippen LogP contribution < -0.4 is 11.1 Å². The third-order valence-electron chi connectivity index (χ3n) is 3.85. The van der Waals surface area contributed by atoms with Crippen molar-refractivity contribution in [3.05, 3.63) is 35.4 Å². The van der Waals surface area contributed by atoms with Gasteiger partial charge in [0, 0.05) is 12.1 Å². The molecule has 104 valence electrons. The van der Waals surface area contributed by atoms with Crippen molar-refractivity contribution in [3.8, 4) is 0 Å². The number of amides is 1. The second-order valence-electron chi connectivity index (χ2n) is 5.33. The molecule has 1 aromatic carbocycles. The van der Waals surface area contributed by atoms with Gasteiger partial charge in [-0.15, -0.1) is 0 Å². The number of carbonyl (C=O) groups excluding carboxylic acids is 1. The Morgan fingerprint density at radius 1 is 1.26 bits per heavy atom. The molecule has 2 rings (SSSR count). The fourth-order valence-corrected chi connectivity index (χ4v) is 2.67. The predicted octanol–water partition coefficient (Wildman–Crippen LogP) is 1.43. The van der Waals surface area contributed by atoms with Crippen molar-refractivity contribution in [2.45, 2.75) is 38.3 Å².